The summed E-state index contributed by atoms with van der Waals surface area (Å²) in [6.07, 6.45) is 1.39. The van der Waals surface area contributed by atoms with Crippen molar-refractivity contribution in [2.24, 2.45) is 0 Å². The van der Waals surface area contributed by atoms with Gasteiger partial charge in [0.25, 0.3) is 0 Å². The number of ether oxygens (including phenoxy) is 1. The Labute approximate surface area is 145 Å². The fourth-order valence-electron chi connectivity index (χ4n) is 2.90. The van der Waals surface area contributed by atoms with Crippen molar-refractivity contribution >= 4 is 23.3 Å². The topological polar surface area (TPSA) is 58.6 Å². The number of likely N-dealkylation sites (tertiary alicyclic amines) is 1. The molecule has 1 N–H and O–H groups in total. The first-order valence-corrected chi connectivity index (χ1v) is 8.94. The summed E-state index contributed by atoms with van der Waals surface area (Å²) in [5, 5.41) is 6.65. The Morgan fingerprint density at radius 2 is 2.08 bits per heavy atom. The van der Waals surface area contributed by atoms with Crippen LogP contribution in [0.5, 0.6) is 0 Å². The van der Waals surface area contributed by atoms with Gasteiger partial charge in [0.05, 0.1) is 6.04 Å². The van der Waals surface area contributed by atoms with Gasteiger partial charge in [-0.05, 0) is 40.8 Å². The lowest BCUT2D eigenvalue weighted by atomic mass is 10.1. The van der Waals surface area contributed by atoms with Crippen molar-refractivity contribution in [3.8, 4) is 0 Å². The molecule has 1 aromatic heterocycles. The van der Waals surface area contributed by atoms with Gasteiger partial charge >= 0.3 is 6.09 Å². The van der Waals surface area contributed by atoms with Crippen LogP contribution < -0.4 is 5.32 Å². The van der Waals surface area contributed by atoms with Gasteiger partial charge in [0.1, 0.15) is 13.2 Å². The highest BCUT2D eigenvalue weighted by Crippen LogP contribution is 2.32. The second kappa shape index (κ2) is 7.97. The van der Waals surface area contributed by atoms with E-state index < -0.39 is 6.09 Å². The Morgan fingerprint density at radius 3 is 2.83 bits per heavy atom. The zero-order chi connectivity index (χ0) is 16.8. The molecule has 2 heterocycles. The second-order valence-corrected chi connectivity index (χ2v) is 6.50. The third-order valence-electron chi connectivity index (χ3n) is 4.10. The minimum atomic E-state index is -0.571. The van der Waals surface area contributed by atoms with Gasteiger partial charge in [-0.3, -0.25) is 4.79 Å². The summed E-state index contributed by atoms with van der Waals surface area (Å²) >= 11 is 1.64. The van der Waals surface area contributed by atoms with Gasteiger partial charge in [0.15, 0.2) is 0 Å². The predicted molar refractivity (Wildman–Crippen MR) is 92.6 cm³/mol. The average molecular weight is 344 g/mol. The molecule has 0 spiro atoms. The maximum absolute atomic E-state index is 12.4. The quantitative estimate of drug-likeness (QED) is 0.905. The normalized spacial score (nSPS) is 16.8. The number of hydrogen-bond acceptors (Lipinski definition) is 4. The van der Waals surface area contributed by atoms with Gasteiger partial charge in [-0.25, -0.2) is 4.79 Å². The van der Waals surface area contributed by atoms with E-state index >= 15 is 0 Å². The molecule has 126 valence electrons. The summed E-state index contributed by atoms with van der Waals surface area (Å²) < 4.78 is 5.12. The molecule has 3 rings (SSSR count). The Balaban J connectivity index is 1.45. The molecule has 24 heavy (non-hydrogen) atoms. The van der Waals surface area contributed by atoms with Crippen molar-refractivity contribution in [2.75, 3.05) is 13.1 Å². The van der Waals surface area contributed by atoms with E-state index in [0.717, 1.165) is 24.9 Å². The Bertz CT molecular complexity index is 673. The lowest BCUT2D eigenvalue weighted by Crippen LogP contribution is -2.39. The molecule has 1 aliphatic heterocycles. The Morgan fingerprint density at radius 1 is 1.25 bits per heavy atom. The molecule has 1 fully saturated rings. The molecule has 1 aliphatic rings. The molecular formula is C18H20N2O3S. The van der Waals surface area contributed by atoms with E-state index in [9.17, 15) is 9.59 Å². The fraction of sp³-hybridized carbons (Fsp3) is 0.333. The number of thiophene rings is 1. The zero-order valence-corrected chi connectivity index (χ0v) is 14.1. The van der Waals surface area contributed by atoms with Crippen molar-refractivity contribution in [1.29, 1.82) is 0 Å². The first-order valence-electron chi connectivity index (χ1n) is 8.00. The number of rotatable bonds is 5. The van der Waals surface area contributed by atoms with E-state index in [1.165, 1.54) is 5.56 Å². The molecule has 6 heteroatoms. The molecule has 0 radical (unpaired) electrons. The second-order valence-electron chi connectivity index (χ2n) is 5.72. The third-order valence-corrected chi connectivity index (χ3v) is 4.80. The number of alkyl carbamates (subject to hydrolysis) is 1. The zero-order valence-electron chi connectivity index (χ0n) is 13.3. The van der Waals surface area contributed by atoms with Crippen LogP contribution in [0.15, 0.2) is 47.2 Å². The van der Waals surface area contributed by atoms with Crippen LogP contribution in [0.1, 0.15) is 30.0 Å². The molecule has 0 bridgehead atoms. The molecule has 2 aromatic rings. The third kappa shape index (κ3) is 4.14. The summed E-state index contributed by atoms with van der Waals surface area (Å²) in [4.78, 5) is 26.0. The number of carbonyl (C=O) groups is 2. The van der Waals surface area contributed by atoms with Crippen molar-refractivity contribution in [3.63, 3.8) is 0 Å². The van der Waals surface area contributed by atoms with Gasteiger partial charge < -0.3 is 15.0 Å². The number of carbonyl (C=O) groups excluding carboxylic acids is 2. The van der Waals surface area contributed by atoms with Gasteiger partial charge in [-0.15, -0.1) is 0 Å². The summed E-state index contributed by atoms with van der Waals surface area (Å²) in [7, 11) is 0. The Hall–Kier alpha value is -2.34. The van der Waals surface area contributed by atoms with E-state index in [0.29, 0.717) is 0 Å². The lowest BCUT2D eigenvalue weighted by Gasteiger charge is -2.24. The average Bonchev–Trinajstić information content (AvgIpc) is 3.29. The highest BCUT2D eigenvalue weighted by molar-refractivity contribution is 7.07. The number of nitrogens with zero attached hydrogens (tertiary/aromatic N) is 1. The molecule has 1 saturated heterocycles. The number of nitrogens with one attached hydrogen (secondary N) is 1. The van der Waals surface area contributed by atoms with E-state index in [2.05, 4.69) is 16.8 Å². The van der Waals surface area contributed by atoms with Crippen LogP contribution in [0.3, 0.4) is 0 Å². The SMILES string of the molecule is O=C(NCC(=O)N1CCC[C@H]1c1ccsc1)OCc1ccccc1. The summed E-state index contributed by atoms with van der Waals surface area (Å²) in [6, 6.07) is 11.6. The van der Waals surface area contributed by atoms with Crippen LogP contribution in [-0.4, -0.2) is 30.0 Å². The molecular weight excluding hydrogens is 324 g/mol. The minimum absolute atomic E-state index is 0.0335. The fourth-order valence-corrected chi connectivity index (χ4v) is 3.61. The van der Waals surface area contributed by atoms with Gasteiger partial charge in [-0.1, -0.05) is 30.3 Å². The standard InChI is InChI=1S/C18H20N2O3S/c21-17(20-9-4-7-16(20)15-8-10-24-13-15)11-19-18(22)23-12-14-5-2-1-3-6-14/h1-3,5-6,8,10,13,16H,4,7,9,11-12H2,(H,19,22)/t16-/m0/s1. The summed E-state index contributed by atoms with van der Waals surface area (Å²) in [5.41, 5.74) is 2.09. The van der Waals surface area contributed by atoms with Crippen molar-refractivity contribution in [3.05, 3.63) is 58.3 Å². The number of amides is 2. The smallest absolute Gasteiger partial charge is 0.407 e. The van der Waals surface area contributed by atoms with Crippen LogP contribution in [0.4, 0.5) is 4.79 Å². The van der Waals surface area contributed by atoms with Crippen LogP contribution in [0, 0.1) is 0 Å². The molecule has 0 unspecified atom stereocenters. The Kier molecular flexibility index (Phi) is 5.48. The van der Waals surface area contributed by atoms with Crippen LogP contribution in [-0.2, 0) is 16.1 Å². The maximum atomic E-state index is 12.4. The maximum Gasteiger partial charge on any atom is 0.407 e. The van der Waals surface area contributed by atoms with Crippen molar-refractivity contribution in [1.82, 2.24) is 10.2 Å². The predicted octanol–water partition coefficient (Wildman–Crippen LogP) is 3.34. The molecule has 0 saturated carbocycles. The molecule has 0 aliphatic carbocycles. The van der Waals surface area contributed by atoms with E-state index in [1.54, 1.807) is 11.3 Å². The van der Waals surface area contributed by atoms with Crippen molar-refractivity contribution < 1.29 is 14.3 Å². The van der Waals surface area contributed by atoms with Gasteiger partial charge in [0.2, 0.25) is 5.91 Å². The molecule has 2 amide bonds. The lowest BCUT2D eigenvalue weighted by molar-refractivity contribution is -0.131. The van der Waals surface area contributed by atoms with Gasteiger partial charge in [-0.2, -0.15) is 11.3 Å². The first kappa shape index (κ1) is 16.5. The number of benzene rings is 1. The minimum Gasteiger partial charge on any atom is -0.445 e. The first-order chi connectivity index (χ1) is 11.7. The summed E-state index contributed by atoms with van der Waals surface area (Å²) in [6.45, 7) is 0.899. The van der Waals surface area contributed by atoms with Crippen LogP contribution in [0.25, 0.3) is 0 Å². The van der Waals surface area contributed by atoms with E-state index in [1.807, 2.05) is 40.6 Å². The number of hydrogen-bond donors (Lipinski definition) is 1. The van der Waals surface area contributed by atoms with Gasteiger partial charge in [0, 0.05) is 6.54 Å². The van der Waals surface area contributed by atoms with E-state index in [-0.39, 0.29) is 25.1 Å². The van der Waals surface area contributed by atoms with Crippen LogP contribution in [0.2, 0.25) is 0 Å². The molecule has 5 nitrogen and oxygen atoms in total. The van der Waals surface area contributed by atoms with E-state index in [4.69, 9.17) is 4.74 Å². The highest BCUT2D eigenvalue weighted by Gasteiger charge is 2.30. The highest BCUT2D eigenvalue weighted by atomic mass is 32.1. The summed E-state index contributed by atoms with van der Waals surface area (Å²) in [5.74, 6) is -0.0691. The largest absolute Gasteiger partial charge is 0.445 e. The monoisotopic (exact) mass is 344 g/mol. The van der Waals surface area contributed by atoms with Crippen molar-refractivity contribution in [2.45, 2.75) is 25.5 Å². The molecule has 1 aromatic carbocycles. The van der Waals surface area contributed by atoms with Crippen LogP contribution >= 0.6 is 11.3 Å². The molecule has 1 atom stereocenters.